The molecule has 0 saturated carbocycles. The Hall–Kier alpha value is -2.44. The van der Waals surface area contributed by atoms with Crippen LogP contribution in [-0.2, 0) is 9.53 Å². The second-order valence-corrected chi connectivity index (χ2v) is 5.54. The van der Waals surface area contributed by atoms with Crippen LogP contribution in [0.5, 0.6) is 5.75 Å². The molecule has 1 aliphatic rings. The Morgan fingerprint density at radius 2 is 1.92 bits per heavy atom. The van der Waals surface area contributed by atoms with Crippen molar-refractivity contribution < 1.29 is 30.0 Å². The first-order valence-corrected chi connectivity index (χ1v) is 7.52. The Balaban J connectivity index is 0.00000288. The van der Waals surface area contributed by atoms with Gasteiger partial charge in [0.05, 0.1) is 12.7 Å². The van der Waals surface area contributed by atoms with Crippen molar-refractivity contribution >= 4 is 17.8 Å². The number of ether oxygens (including phenoxy) is 1. The maximum Gasteiger partial charge on any atom is 0.342 e. The van der Waals surface area contributed by atoms with E-state index in [1.807, 2.05) is 6.92 Å². The Morgan fingerprint density at radius 1 is 1.17 bits per heavy atom. The average molecular weight is 334 g/mol. The van der Waals surface area contributed by atoms with Crippen molar-refractivity contribution in [1.82, 2.24) is 0 Å². The molecule has 1 heterocycles. The average Bonchev–Trinajstić information content (AvgIpc) is 2.45. The van der Waals surface area contributed by atoms with Crippen molar-refractivity contribution in [2.75, 3.05) is 6.61 Å². The standard InChI is InChI=1S/C18H20O5.H2O/c1-12-9-13-5-4-7-15(20)11-14(19)6-2-3-8-23-18(22)17(13)16(21)10-12;/h2,4-6,9-10,15,20-21H,3,7-8,11H2,1H3;1H2/b5-4+,6-2-;/t15-;/m0./s1. The summed E-state index contributed by atoms with van der Waals surface area (Å²) in [6, 6.07) is 3.26. The molecular formula is C18H22O6. The van der Waals surface area contributed by atoms with Gasteiger partial charge in [0, 0.05) is 6.42 Å². The number of allylic oxidation sites excluding steroid dienone is 1. The normalized spacial score (nSPS) is 21.7. The van der Waals surface area contributed by atoms with E-state index in [2.05, 4.69) is 0 Å². The molecule has 0 bridgehead atoms. The lowest BCUT2D eigenvalue weighted by molar-refractivity contribution is -0.116. The Morgan fingerprint density at radius 3 is 2.67 bits per heavy atom. The number of phenols is 1. The number of fused-ring (bicyclic) bond motifs is 1. The van der Waals surface area contributed by atoms with Crippen LogP contribution in [0, 0.1) is 6.92 Å². The highest BCUT2D eigenvalue weighted by molar-refractivity contribution is 5.96. The van der Waals surface area contributed by atoms with Gasteiger partial charge in [0.25, 0.3) is 0 Å². The first-order valence-electron chi connectivity index (χ1n) is 7.52. The summed E-state index contributed by atoms with van der Waals surface area (Å²) in [6.45, 7) is 1.92. The molecule has 2 rings (SSSR count). The Bertz CT molecular complexity index is 660. The number of rotatable bonds is 0. The van der Waals surface area contributed by atoms with Gasteiger partial charge < -0.3 is 20.4 Å². The maximum absolute atomic E-state index is 12.2. The van der Waals surface area contributed by atoms with Crippen LogP contribution < -0.4 is 0 Å². The number of carbonyl (C=O) groups excluding carboxylic acids is 2. The fourth-order valence-corrected chi connectivity index (χ4v) is 2.39. The predicted molar refractivity (Wildman–Crippen MR) is 89.8 cm³/mol. The number of aliphatic hydroxyl groups excluding tert-OH is 1. The van der Waals surface area contributed by atoms with Crippen LogP contribution in [0.1, 0.15) is 40.7 Å². The third-order valence-electron chi connectivity index (χ3n) is 3.46. The molecule has 4 N–H and O–H groups in total. The second-order valence-electron chi connectivity index (χ2n) is 5.54. The number of hydrogen-bond donors (Lipinski definition) is 2. The molecule has 6 nitrogen and oxygen atoms in total. The number of aliphatic hydroxyl groups is 1. The molecule has 0 aliphatic carbocycles. The van der Waals surface area contributed by atoms with E-state index in [1.165, 1.54) is 12.1 Å². The topological polar surface area (TPSA) is 115 Å². The number of phenolic OH excluding ortho intramolecular Hbond substituents is 1. The molecule has 1 aromatic carbocycles. The van der Waals surface area contributed by atoms with Crippen LogP contribution >= 0.6 is 0 Å². The first-order chi connectivity index (χ1) is 11.0. The molecule has 1 aromatic rings. The molecule has 24 heavy (non-hydrogen) atoms. The third kappa shape index (κ3) is 5.33. The van der Waals surface area contributed by atoms with E-state index < -0.39 is 12.1 Å². The van der Waals surface area contributed by atoms with Crippen LogP contribution in [-0.4, -0.2) is 40.2 Å². The maximum atomic E-state index is 12.2. The van der Waals surface area contributed by atoms with Crippen molar-refractivity contribution in [1.29, 1.82) is 0 Å². The highest BCUT2D eigenvalue weighted by Gasteiger charge is 2.17. The summed E-state index contributed by atoms with van der Waals surface area (Å²) in [5, 5.41) is 19.9. The zero-order valence-electron chi connectivity index (χ0n) is 13.5. The molecule has 1 atom stereocenters. The van der Waals surface area contributed by atoms with Crippen LogP contribution in [0.4, 0.5) is 0 Å². The number of esters is 1. The van der Waals surface area contributed by atoms with Gasteiger partial charge >= 0.3 is 5.97 Å². The molecule has 130 valence electrons. The summed E-state index contributed by atoms with van der Waals surface area (Å²) in [6.07, 6.45) is 6.28. The minimum Gasteiger partial charge on any atom is -0.507 e. The van der Waals surface area contributed by atoms with E-state index in [0.29, 0.717) is 12.0 Å². The minimum atomic E-state index is -0.778. The Labute approximate surface area is 140 Å². The molecule has 0 aromatic heterocycles. The van der Waals surface area contributed by atoms with Gasteiger partial charge in [-0.15, -0.1) is 0 Å². The largest absolute Gasteiger partial charge is 0.507 e. The van der Waals surface area contributed by atoms with Crippen molar-refractivity contribution in [3.63, 3.8) is 0 Å². The van der Waals surface area contributed by atoms with Gasteiger partial charge in [-0.1, -0.05) is 24.3 Å². The van der Waals surface area contributed by atoms with Crippen molar-refractivity contribution in [2.24, 2.45) is 0 Å². The van der Waals surface area contributed by atoms with Gasteiger partial charge in [-0.25, -0.2) is 4.79 Å². The number of benzene rings is 1. The zero-order valence-corrected chi connectivity index (χ0v) is 13.5. The molecular weight excluding hydrogens is 312 g/mol. The van der Waals surface area contributed by atoms with E-state index in [4.69, 9.17) is 4.74 Å². The SMILES string of the molecule is Cc1cc(O)c2c(c1)/C=C/C[C@H](O)CC(=O)/C=C\CCOC2=O.O. The van der Waals surface area contributed by atoms with E-state index in [0.717, 1.165) is 5.56 Å². The van der Waals surface area contributed by atoms with Crippen LogP contribution in [0.15, 0.2) is 30.4 Å². The summed E-state index contributed by atoms with van der Waals surface area (Å²) >= 11 is 0. The molecule has 0 saturated heterocycles. The summed E-state index contributed by atoms with van der Waals surface area (Å²) in [5.74, 6) is -0.907. The number of ketones is 1. The zero-order chi connectivity index (χ0) is 16.8. The van der Waals surface area contributed by atoms with Crippen LogP contribution in [0.25, 0.3) is 6.08 Å². The third-order valence-corrected chi connectivity index (χ3v) is 3.46. The molecule has 0 unspecified atom stereocenters. The van der Waals surface area contributed by atoms with Crippen molar-refractivity contribution in [3.05, 3.63) is 47.1 Å². The second kappa shape index (κ2) is 9.00. The van der Waals surface area contributed by atoms with Crippen molar-refractivity contribution in [3.8, 4) is 5.75 Å². The molecule has 0 spiro atoms. The number of carbonyl (C=O) groups is 2. The molecule has 0 amide bonds. The molecule has 0 fully saturated rings. The van der Waals surface area contributed by atoms with Gasteiger partial charge in [0.1, 0.15) is 11.3 Å². The minimum absolute atomic E-state index is 0. The molecule has 0 radical (unpaired) electrons. The first kappa shape index (κ1) is 19.6. The number of aryl methyl sites for hydroxylation is 1. The van der Waals surface area contributed by atoms with E-state index in [1.54, 1.807) is 24.3 Å². The quantitative estimate of drug-likeness (QED) is 0.701. The van der Waals surface area contributed by atoms with Gasteiger partial charge in [0.2, 0.25) is 0 Å². The summed E-state index contributed by atoms with van der Waals surface area (Å²) in [7, 11) is 0. The fourth-order valence-electron chi connectivity index (χ4n) is 2.39. The van der Waals surface area contributed by atoms with E-state index in [-0.39, 0.29) is 42.0 Å². The lowest BCUT2D eigenvalue weighted by atomic mass is 10.0. The monoisotopic (exact) mass is 334 g/mol. The summed E-state index contributed by atoms with van der Waals surface area (Å²) in [5.41, 5.74) is 1.44. The van der Waals surface area contributed by atoms with Crippen LogP contribution in [0.2, 0.25) is 0 Å². The highest BCUT2D eigenvalue weighted by atomic mass is 16.5. The van der Waals surface area contributed by atoms with Gasteiger partial charge in [-0.2, -0.15) is 0 Å². The summed E-state index contributed by atoms with van der Waals surface area (Å²) < 4.78 is 5.15. The molecule has 6 heteroatoms. The fraction of sp³-hybridized carbons (Fsp3) is 0.333. The van der Waals surface area contributed by atoms with Gasteiger partial charge in [-0.3, -0.25) is 4.79 Å². The predicted octanol–water partition coefficient (Wildman–Crippen LogP) is 1.72. The lowest BCUT2D eigenvalue weighted by Gasteiger charge is -2.11. The van der Waals surface area contributed by atoms with Crippen molar-refractivity contribution in [2.45, 2.75) is 32.3 Å². The van der Waals surface area contributed by atoms with E-state index >= 15 is 0 Å². The molecule has 1 aliphatic heterocycles. The highest BCUT2D eigenvalue weighted by Crippen LogP contribution is 2.26. The smallest absolute Gasteiger partial charge is 0.342 e. The Kier molecular flexibility index (Phi) is 7.35. The van der Waals surface area contributed by atoms with Gasteiger partial charge in [-0.05, 0) is 43.0 Å². The van der Waals surface area contributed by atoms with Crippen LogP contribution in [0.3, 0.4) is 0 Å². The number of hydrogen-bond acceptors (Lipinski definition) is 5. The van der Waals surface area contributed by atoms with Gasteiger partial charge in [0.15, 0.2) is 5.78 Å². The number of cyclic esters (lactones) is 1. The number of aromatic hydroxyl groups is 1. The van der Waals surface area contributed by atoms with E-state index in [9.17, 15) is 19.8 Å². The summed E-state index contributed by atoms with van der Waals surface area (Å²) in [4.78, 5) is 23.8. The lowest BCUT2D eigenvalue weighted by Crippen LogP contribution is -2.12.